The third-order valence-electron chi connectivity index (χ3n) is 1.21. The highest BCUT2D eigenvalue weighted by Crippen LogP contribution is 1.98. The smallest absolute Gasteiger partial charge is 0.339 e. The van der Waals surface area contributed by atoms with Crippen LogP contribution in [0.15, 0.2) is 0 Å². The molecule has 13 heavy (non-hydrogen) atoms. The highest BCUT2D eigenvalue weighted by molar-refractivity contribution is 7.87. The SMILES string of the molecule is CCCS(=O)(=O)OC(=O)C(=O)CC. The maximum atomic E-state index is 10.9. The van der Waals surface area contributed by atoms with Crippen molar-refractivity contribution >= 4 is 21.9 Å². The first-order valence-electron chi connectivity index (χ1n) is 3.92. The van der Waals surface area contributed by atoms with E-state index in [1.54, 1.807) is 6.92 Å². The molecule has 0 unspecified atom stereocenters. The highest BCUT2D eigenvalue weighted by atomic mass is 32.2. The Morgan fingerprint density at radius 3 is 2.15 bits per heavy atom. The van der Waals surface area contributed by atoms with Gasteiger partial charge < -0.3 is 4.18 Å². The Labute approximate surface area is 77.2 Å². The number of carbonyl (C=O) groups excluding carboxylic acids is 2. The lowest BCUT2D eigenvalue weighted by atomic mass is 10.3. The first-order chi connectivity index (χ1) is 5.93. The van der Waals surface area contributed by atoms with Crippen molar-refractivity contribution in [1.82, 2.24) is 0 Å². The Bertz CT molecular complexity index is 290. The van der Waals surface area contributed by atoms with Crippen LogP contribution in [0, 0.1) is 0 Å². The maximum Gasteiger partial charge on any atom is 0.390 e. The fourth-order valence-electron chi connectivity index (χ4n) is 0.598. The van der Waals surface area contributed by atoms with Crippen molar-refractivity contribution in [2.24, 2.45) is 0 Å². The Hall–Kier alpha value is -0.910. The van der Waals surface area contributed by atoms with Crippen LogP contribution < -0.4 is 0 Å². The summed E-state index contributed by atoms with van der Waals surface area (Å²) in [5, 5.41) is 0. The zero-order valence-electron chi connectivity index (χ0n) is 7.57. The average molecular weight is 208 g/mol. The van der Waals surface area contributed by atoms with Gasteiger partial charge in [0.1, 0.15) is 0 Å². The lowest BCUT2D eigenvalue weighted by Crippen LogP contribution is -2.22. The quantitative estimate of drug-likeness (QED) is 0.478. The van der Waals surface area contributed by atoms with Gasteiger partial charge in [-0.1, -0.05) is 13.8 Å². The van der Waals surface area contributed by atoms with Gasteiger partial charge in [0.25, 0.3) is 0 Å². The van der Waals surface area contributed by atoms with Crippen molar-refractivity contribution in [2.45, 2.75) is 26.7 Å². The molecule has 0 fully saturated rings. The minimum atomic E-state index is -3.86. The third kappa shape index (κ3) is 4.62. The van der Waals surface area contributed by atoms with Crippen LogP contribution in [0.25, 0.3) is 0 Å². The summed E-state index contributed by atoms with van der Waals surface area (Å²) in [5.41, 5.74) is 0. The van der Waals surface area contributed by atoms with Crippen molar-refractivity contribution in [3.63, 3.8) is 0 Å². The van der Waals surface area contributed by atoms with Gasteiger partial charge in [-0.05, 0) is 6.42 Å². The number of ketones is 1. The van der Waals surface area contributed by atoms with Gasteiger partial charge in [0.15, 0.2) is 0 Å². The Balaban J connectivity index is 4.29. The number of hydrogen-bond donors (Lipinski definition) is 0. The molecule has 0 aliphatic rings. The average Bonchev–Trinajstić information content (AvgIpc) is 2.01. The van der Waals surface area contributed by atoms with Gasteiger partial charge in [-0.2, -0.15) is 8.42 Å². The second kappa shape index (κ2) is 4.96. The molecule has 0 aliphatic heterocycles. The summed E-state index contributed by atoms with van der Waals surface area (Å²) in [6.07, 6.45) is 0.288. The molecule has 0 heterocycles. The van der Waals surface area contributed by atoms with Crippen LogP contribution in [-0.2, 0) is 23.9 Å². The van der Waals surface area contributed by atoms with Crippen LogP contribution in [0.5, 0.6) is 0 Å². The van der Waals surface area contributed by atoms with Crippen molar-refractivity contribution in [1.29, 1.82) is 0 Å². The van der Waals surface area contributed by atoms with Crippen molar-refractivity contribution in [3.8, 4) is 0 Å². The van der Waals surface area contributed by atoms with Gasteiger partial charge in [-0.25, -0.2) is 4.79 Å². The zero-order chi connectivity index (χ0) is 10.5. The van der Waals surface area contributed by atoms with E-state index in [1.807, 2.05) is 0 Å². The lowest BCUT2D eigenvalue weighted by molar-refractivity contribution is -0.146. The van der Waals surface area contributed by atoms with E-state index in [4.69, 9.17) is 0 Å². The molecule has 0 N–H and O–H groups in total. The van der Waals surface area contributed by atoms with E-state index < -0.39 is 21.9 Å². The summed E-state index contributed by atoms with van der Waals surface area (Å²) in [7, 11) is -3.86. The minimum absolute atomic E-state index is 0.0551. The van der Waals surface area contributed by atoms with Gasteiger partial charge in [-0.3, -0.25) is 4.79 Å². The predicted octanol–water partition coefficient (Wildman–Crippen LogP) is 0.248. The molecule has 0 amide bonds. The Morgan fingerprint density at radius 2 is 1.77 bits per heavy atom. The number of Topliss-reactive ketones (excluding diaryl/α,β-unsaturated/α-hetero) is 1. The van der Waals surface area contributed by atoms with Crippen LogP contribution in [-0.4, -0.2) is 25.9 Å². The van der Waals surface area contributed by atoms with E-state index in [0.717, 1.165) is 0 Å². The normalized spacial score (nSPS) is 10.9. The van der Waals surface area contributed by atoms with Crippen LogP contribution in [0.4, 0.5) is 0 Å². The van der Waals surface area contributed by atoms with Crippen LogP contribution in [0.1, 0.15) is 26.7 Å². The molecule has 0 aliphatic carbocycles. The Kier molecular flexibility index (Phi) is 4.61. The topological polar surface area (TPSA) is 77.5 Å². The van der Waals surface area contributed by atoms with Crippen LogP contribution in [0.3, 0.4) is 0 Å². The summed E-state index contributed by atoms with van der Waals surface area (Å²) in [5.74, 6) is -2.38. The summed E-state index contributed by atoms with van der Waals surface area (Å²) in [4.78, 5) is 21.4. The molecule has 0 aromatic carbocycles. The van der Waals surface area contributed by atoms with E-state index in [2.05, 4.69) is 4.18 Å². The summed E-state index contributed by atoms with van der Waals surface area (Å²) in [6.45, 7) is 3.09. The van der Waals surface area contributed by atoms with Gasteiger partial charge in [-0.15, -0.1) is 0 Å². The second-order valence-corrected chi connectivity index (χ2v) is 4.10. The van der Waals surface area contributed by atoms with Crippen molar-refractivity contribution in [2.75, 3.05) is 5.75 Å². The second-order valence-electron chi connectivity index (χ2n) is 2.41. The number of rotatable bonds is 5. The molecule has 5 nitrogen and oxygen atoms in total. The van der Waals surface area contributed by atoms with E-state index in [9.17, 15) is 18.0 Å². The molecule has 0 saturated carbocycles. The highest BCUT2D eigenvalue weighted by Gasteiger charge is 2.20. The molecule has 0 aromatic heterocycles. The first-order valence-corrected chi connectivity index (χ1v) is 5.50. The number of hydrogen-bond acceptors (Lipinski definition) is 5. The molecule has 76 valence electrons. The summed E-state index contributed by atoms with van der Waals surface area (Å²) >= 11 is 0. The van der Waals surface area contributed by atoms with Gasteiger partial charge in [0.2, 0.25) is 5.78 Å². The summed E-state index contributed by atoms with van der Waals surface area (Å²) < 4.78 is 25.7. The first kappa shape index (κ1) is 12.1. The van der Waals surface area contributed by atoms with Crippen molar-refractivity contribution < 1.29 is 22.2 Å². The molecular formula is C7H12O5S. The standard InChI is InChI=1S/C7H12O5S/c1-3-5-13(10,11)12-7(9)6(8)4-2/h3-5H2,1-2H3. The van der Waals surface area contributed by atoms with E-state index in [0.29, 0.717) is 6.42 Å². The lowest BCUT2D eigenvalue weighted by Gasteiger charge is -2.01. The monoisotopic (exact) mass is 208 g/mol. The molecule has 0 rings (SSSR count). The maximum absolute atomic E-state index is 10.9. The molecule has 0 atom stereocenters. The molecule has 0 bridgehead atoms. The van der Waals surface area contributed by atoms with Crippen LogP contribution in [0.2, 0.25) is 0 Å². The van der Waals surface area contributed by atoms with Gasteiger partial charge >= 0.3 is 16.1 Å². The third-order valence-corrected chi connectivity index (χ3v) is 2.52. The van der Waals surface area contributed by atoms with E-state index in [1.165, 1.54) is 6.92 Å². The molecule has 0 radical (unpaired) electrons. The molecular weight excluding hydrogens is 196 g/mol. The molecule has 0 saturated heterocycles. The largest absolute Gasteiger partial charge is 0.390 e. The predicted molar refractivity (Wildman–Crippen MR) is 45.5 cm³/mol. The fraction of sp³-hybridized carbons (Fsp3) is 0.714. The van der Waals surface area contributed by atoms with Crippen molar-refractivity contribution in [3.05, 3.63) is 0 Å². The molecule has 6 heteroatoms. The van der Waals surface area contributed by atoms with E-state index in [-0.39, 0.29) is 12.2 Å². The zero-order valence-corrected chi connectivity index (χ0v) is 8.39. The number of carbonyl (C=O) groups is 2. The Morgan fingerprint density at radius 1 is 1.23 bits per heavy atom. The minimum Gasteiger partial charge on any atom is -0.339 e. The fourth-order valence-corrected chi connectivity index (χ4v) is 1.50. The molecule has 0 spiro atoms. The van der Waals surface area contributed by atoms with E-state index >= 15 is 0 Å². The van der Waals surface area contributed by atoms with Gasteiger partial charge in [0.05, 0.1) is 5.75 Å². The van der Waals surface area contributed by atoms with Gasteiger partial charge in [0, 0.05) is 6.42 Å². The van der Waals surface area contributed by atoms with Crippen LogP contribution >= 0.6 is 0 Å². The molecule has 0 aromatic rings. The summed E-state index contributed by atoms with van der Waals surface area (Å²) in [6, 6.07) is 0.